The van der Waals surface area contributed by atoms with Crippen molar-refractivity contribution in [1.82, 2.24) is 20.0 Å². The van der Waals surface area contributed by atoms with Gasteiger partial charge in [-0.1, -0.05) is 18.2 Å². The lowest BCUT2D eigenvalue weighted by molar-refractivity contribution is 0.226. The molecule has 0 saturated carbocycles. The monoisotopic (exact) mass is 241 g/mol. The fourth-order valence-corrected chi connectivity index (χ4v) is 2.29. The van der Waals surface area contributed by atoms with Gasteiger partial charge in [0.25, 0.3) is 0 Å². The molecular formula is C14H17N4. The zero-order chi connectivity index (χ0) is 12.2. The van der Waals surface area contributed by atoms with Crippen LogP contribution in [0.4, 0.5) is 0 Å². The molecule has 3 rings (SSSR count). The molecule has 1 aromatic heterocycles. The third-order valence-electron chi connectivity index (χ3n) is 3.26. The second-order valence-corrected chi connectivity index (χ2v) is 4.52. The molecule has 1 radical (unpaired) electrons. The van der Waals surface area contributed by atoms with Gasteiger partial charge in [0, 0.05) is 38.9 Å². The minimum atomic E-state index is 0.949. The molecule has 1 aliphatic rings. The Morgan fingerprint density at radius 2 is 1.78 bits per heavy atom. The van der Waals surface area contributed by atoms with Crippen LogP contribution in [0.1, 0.15) is 5.69 Å². The Bertz CT molecular complexity index is 486. The van der Waals surface area contributed by atoms with E-state index in [2.05, 4.69) is 33.5 Å². The van der Waals surface area contributed by atoms with E-state index in [1.807, 2.05) is 29.1 Å². The van der Waals surface area contributed by atoms with Crippen molar-refractivity contribution < 1.29 is 0 Å². The van der Waals surface area contributed by atoms with E-state index in [9.17, 15) is 0 Å². The number of nitrogens with zero attached hydrogens (tertiary/aromatic N) is 4. The van der Waals surface area contributed by atoms with Gasteiger partial charge in [-0.05, 0) is 18.2 Å². The quantitative estimate of drug-likeness (QED) is 0.811. The molecule has 0 N–H and O–H groups in total. The number of para-hydroxylation sites is 1. The van der Waals surface area contributed by atoms with E-state index in [4.69, 9.17) is 0 Å². The lowest BCUT2D eigenvalue weighted by atomic mass is 10.3. The van der Waals surface area contributed by atoms with Crippen LogP contribution in [-0.4, -0.2) is 40.9 Å². The predicted octanol–water partition coefficient (Wildman–Crippen LogP) is 1.29. The SMILES string of the molecule is c1ccc(-n2nccc2CN2CC[N]CC2)cc1. The van der Waals surface area contributed by atoms with Crippen molar-refractivity contribution in [2.75, 3.05) is 26.2 Å². The van der Waals surface area contributed by atoms with Crippen LogP contribution in [0.5, 0.6) is 0 Å². The van der Waals surface area contributed by atoms with Crippen molar-refractivity contribution in [2.24, 2.45) is 0 Å². The Labute approximate surface area is 107 Å². The van der Waals surface area contributed by atoms with Crippen molar-refractivity contribution in [1.29, 1.82) is 0 Å². The first kappa shape index (κ1) is 11.4. The summed E-state index contributed by atoms with van der Waals surface area (Å²) in [6.45, 7) is 4.98. The summed E-state index contributed by atoms with van der Waals surface area (Å²) in [7, 11) is 0. The average molecular weight is 241 g/mol. The van der Waals surface area contributed by atoms with Crippen molar-refractivity contribution in [3.8, 4) is 5.69 Å². The van der Waals surface area contributed by atoms with E-state index in [0.717, 1.165) is 38.4 Å². The number of benzene rings is 1. The number of aromatic nitrogens is 2. The summed E-state index contributed by atoms with van der Waals surface area (Å²) >= 11 is 0. The molecule has 0 unspecified atom stereocenters. The van der Waals surface area contributed by atoms with Crippen LogP contribution < -0.4 is 5.32 Å². The Balaban J connectivity index is 1.79. The first-order valence-electron chi connectivity index (χ1n) is 6.37. The van der Waals surface area contributed by atoms with E-state index >= 15 is 0 Å². The van der Waals surface area contributed by atoms with Crippen LogP contribution in [0.25, 0.3) is 5.69 Å². The number of rotatable bonds is 3. The molecule has 4 nitrogen and oxygen atoms in total. The van der Waals surface area contributed by atoms with Crippen molar-refractivity contribution in [2.45, 2.75) is 6.54 Å². The second-order valence-electron chi connectivity index (χ2n) is 4.52. The van der Waals surface area contributed by atoms with Gasteiger partial charge in [0.15, 0.2) is 0 Å². The number of piperazine rings is 1. The number of hydrogen-bond acceptors (Lipinski definition) is 2. The van der Waals surface area contributed by atoms with Gasteiger partial charge in [0.05, 0.1) is 11.4 Å². The van der Waals surface area contributed by atoms with E-state index < -0.39 is 0 Å². The minimum absolute atomic E-state index is 0.949. The molecule has 0 aliphatic carbocycles. The largest absolute Gasteiger partial charge is 0.295 e. The molecule has 93 valence electrons. The lowest BCUT2D eigenvalue weighted by Crippen LogP contribution is -2.39. The van der Waals surface area contributed by atoms with Gasteiger partial charge in [0.2, 0.25) is 0 Å². The van der Waals surface area contributed by atoms with Gasteiger partial charge in [-0.15, -0.1) is 0 Å². The van der Waals surface area contributed by atoms with Crippen molar-refractivity contribution in [3.63, 3.8) is 0 Å². The fourth-order valence-electron chi connectivity index (χ4n) is 2.29. The predicted molar refractivity (Wildman–Crippen MR) is 70.7 cm³/mol. The first-order valence-corrected chi connectivity index (χ1v) is 6.37. The zero-order valence-corrected chi connectivity index (χ0v) is 10.4. The summed E-state index contributed by atoms with van der Waals surface area (Å²) in [6, 6.07) is 12.4. The molecule has 4 heteroatoms. The fraction of sp³-hybridized carbons (Fsp3) is 0.357. The van der Waals surface area contributed by atoms with Gasteiger partial charge in [0.1, 0.15) is 0 Å². The highest BCUT2D eigenvalue weighted by atomic mass is 15.3. The van der Waals surface area contributed by atoms with Crippen molar-refractivity contribution in [3.05, 3.63) is 48.3 Å². The third-order valence-corrected chi connectivity index (χ3v) is 3.26. The van der Waals surface area contributed by atoms with Gasteiger partial charge < -0.3 is 0 Å². The van der Waals surface area contributed by atoms with Crippen LogP contribution in [0.3, 0.4) is 0 Å². The zero-order valence-electron chi connectivity index (χ0n) is 10.4. The molecule has 0 atom stereocenters. The summed E-state index contributed by atoms with van der Waals surface area (Å²) in [5, 5.41) is 8.79. The van der Waals surface area contributed by atoms with Crippen LogP contribution in [-0.2, 0) is 6.54 Å². The maximum atomic E-state index is 4.42. The molecule has 18 heavy (non-hydrogen) atoms. The molecular weight excluding hydrogens is 224 g/mol. The van der Waals surface area contributed by atoms with Gasteiger partial charge in [-0.3, -0.25) is 4.90 Å². The molecule has 1 saturated heterocycles. The normalized spacial score (nSPS) is 16.9. The summed E-state index contributed by atoms with van der Waals surface area (Å²) in [5.41, 5.74) is 2.36. The van der Waals surface area contributed by atoms with Crippen LogP contribution in [0.2, 0.25) is 0 Å². The second kappa shape index (κ2) is 5.33. The highest BCUT2D eigenvalue weighted by Gasteiger charge is 2.13. The standard InChI is InChI=1S/C14H17N4/c1-2-4-13(5-3-1)18-14(6-7-16-18)12-17-10-8-15-9-11-17/h1-7H,8-12H2. The molecule has 1 fully saturated rings. The van der Waals surface area contributed by atoms with Crippen molar-refractivity contribution >= 4 is 0 Å². The highest BCUT2D eigenvalue weighted by Crippen LogP contribution is 2.12. The Kier molecular flexibility index (Phi) is 3.39. The topological polar surface area (TPSA) is 35.2 Å². The van der Waals surface area contributed by atoms with Gasteiger partial charge >= 0.3 is 0 Å². The maximum absolute atomic E-state index is 4.42. The maximum Gasteiger partial charge on any atom is 0.0649 e. The van der Waals surface area contributed by atoms with E-state index in [1.165, 1.54) is 5.69 Å². The van der Waals surface area contributed by atoms with Crippen LogP contribution >= 0.6 is 0 Å². The van der Waals surface area contributed by atoms with Crippen LogP contribution in [0.15, 0.2) is 42.6 Å². The molecule has 0 spiro atoms. The third kappa shape index (κ3) is 2.44. The molecule has 1 aliphatic heterocycles. The summed E-state index contributed by atoms with van der Waals surface area (Å²) < 4.78 is 2.02. The lowest BCUT2D eigenvalue weighted by Gasteiger charge is -2.26. The van der Waals surface area contributed by atoms with Gasteiger partial charge in [-0.2, -0.15) is 5.10 Å². The average Bonchev–Trinajstić information content (AvgIpc) is 2.89. The first-order chi connectivity index (χ1) is 8.93. The Morgan fingerprint density at radius 3 is 2.56 bits per heavy atom. The summed E-state index contributed by atoms with van der Waals surface area (Å²) in [4.78, 5) is 2.43. The summed E-state index contributed by atoms with van der Waals surface area (Å²) in [6.07, 6.45) is 1.87. The van der Waals surface area contributed by atoms with Gasteiger partial charge in [-0.25, -0.2) is 10.00 Å². The van der Waals surface area contributed by atoms with E-state index in [0.29, 0.717) is 0 Å². The molecule has 1 aromatic carbocycles. The van der Waals surface area contributed by atoms with E-state index in [-0.39, 0.29) is 0 Å². The number of hydrogen-bond donors (Lipinski definition) is 0. The van der Waals surface area contributed by atoms with E-state index in [1.54, 1.807) is 0 Å². The summed E-state index contributed by atoms with van der Waals surface area (Å²) in [5.74, 6) is 0. The molecule has 2 aromatic rings. The Morgan fingerprint density at radius 1 is 1.00 bits per heavy atom. The molecule has 0 amide bonds. The molecule has 0 bridgehead atoms. The molecule has 2 heterocycles. The minimum Gasteiger partial charge on any atom is -0.295 e. The van der Waals surface area contributed by atoms with Crippen LogP contribution in [0, 0.1) is 0 Å². The highest BCUT2D eigenvalue weighted by molar-refractivity contribution is 5.32. The smallest absolute Gasteiger partial charge is 0.0649 e. The Hall–Kier alpha value is -1.65.